The third-order valence-corrected chi connectivity index (χ3v) is 19.9. The molecule has 9 aliphatic rings. The van der Waals surface area contributed by atoms with Crippen molar-refractivity contribution in [2.24, 2.45) is 0 Å². The van der Waals surface area contributed by atoms with Gasteiger partial charge in [0.2, 0.25) is 17.7 Å². The third kappa shape index (κ3) is 19.5. The van der Waals surface area contributed by atoms with Crippen LogP contribution in [0, 0.1) is 0 Å². The molecule has 45 atom stereocenters. The van der Waals surface area contributed by atoms with E-state index in [0.717, 1.165) is 20.8 Å². The first-order valence-corrected chi connectivity index (χ1v) is 34.5. The van der Waals surface area contributed by atoms with Crippen LogP contribution in [-0.2, 0) is 94.9 Å². The van der Waals surface area contributed by atoms with Crippen molar-refractivity contribution < 1.29 is 223 Å². The molecule has 0 saturated carbocycles. The van der Waals surface area contributed by atoms with Crippen LogP contribution < -0.4 is 16.0 Å². The van der Waals surface area contributed by atoms with E-state index in [-0.39, 0.29) is 0 Å². The van der Waals surface area contributed by atoms with Gasteiger partial charge in [-0.1, -0.05) is 0 Å². The first-order valence-electron chi connectivity index (χ1n) is 34.5. The Bertz CT molecular complexity index is 2820. The van der Waals surface area contributed by atoms with Crippen molar-refractivity contribution in [1.29, 1.82) is 0 Å². The molecule has 0 aromatic rings. The largest absolute Gasteiger partial charge is 0.394 e. The zero-order valence-corrected chi connectivity index (χ0v) is 58.0. The molecule has 9 heterocycles. The lowest BCUT2D eigenvalue weighted by molar-refractivity contribution is -0.396. The van der Waals surface area contributed by atoms with Gasteiger partial charge < -0.3 is 224 Å². The highest BCUT2D eigenvalue weighted by Crippen LogP contribution is 2.39. The highest BCUT2D eigenvalue weighted by molar-refractivity contribution is 5.74. The number of amides is 3. The van der Waals surface area contributed by atoms with Gasteiger partial charge in [0.05, 0.1) is 59.0 Å². The van der Waals surface area contributed by atoms with Crippen molar-refractivity contribution in [2.75, 3.05) is 52.9 Å². The molecule has 28 N–H and O–H groups in total. The smallest absolute Gasteiger partial charge is 0.217 e. The summed E-state index contributed by atoms with van der Waals surface area (Å²) >= 11 is 0. The molecule has 0 aromatic heterocycles. The van der Waals surface area contributed by atoms with E-state index in [1.165, 1.54) is 6.92 Å². The number of aliphatic hydroxyl groups is 25. The Hall–Kier alpha value is -3.27. The lowest BCUT2D eigenvalue weighted by Gasteiger charge is -2.51. The molecule has 0 bridgehead atoms. The quantitative estimate of drug-likeness (QED) is 0.0363. The minimum atomic E-state index is -2.55. The van der Waals surface area contributed by atoms with Crippen molar-refractivity contribution in [1.82, 2.24) is 16.0 Å². The van der Waals surface area contributed by atoms with E-state index in [2.05, 4.69) is 16.0 Å². The molecule has 9 aliphatic heterocycles. The minimum Gasteiger partial charge on any atom is -0.394 e. The zero-order chi connectivity index (χ0) is 79.5. The number of aliphatic hydroxyl groups excluding tert-OH is 25. The van der Waals surface area contributed by atoms with E-state index in [1.807, 2.05) is 0 Å². The number of nitrogens with one attached hydrogen (secondary N) is 3. The molecule has 1 unspecified atom stereocenters. The summed E-state index contributed by atoms with van der Waals surface area (Å²) < 4.78 is 99.6. The summed E-state index contributed by atoms with van der Waals surface area (Å²) in [5.41, 5.74) is 0. The first kappa shape index (κ1) is 88.7. The summed E-state index contributed by atoms with van der Waals surface area (Å²) in [7, 11) is 0. The van der Waals surface area contributed by atoms with Gasteiger partial charge in [0.15, 0.2) is 56.6 Å². The van der Waals surface area contributed by atoms with Crippen molar-refractivity contribution in [3.8, 4) is 0 Å². The van der Waals surface area contributed by atoms with Crippen LogP contribution in [0.4, 0.5) is 0 Å². The van der Waals surface area contributed by atoms with Crippen LogP contribution in [-0.4, -0.2) is 474 Å². The maximum atomic E-state index is 13.1. The van der Waals surface area contributed by atoms with Gasteiger partial charge in [0.25, 0.3) is 0 Å². The van der Waals surface area contributed by atoms with E-state index in [4.69, 9.17) is 80.5 Å². The molecule has 0 spiro atoms. The molecule has 0 radical (unpaired) electrons. The molecular weight excluding hydrogens is 1480 g/mol. The van der Waals surface area contributed by atoms with Gasteiger partial charge in [-0.3, -0.25) is 14.4 Å². The summed E-state index contributed by atoms with van der Waals surface area (Å²) in [5, 5.41) is 283. The second kappa shape index (κ2) is 38.5. The number of hydrogen-bond acceptors (Lipinski definition) is 45. The molecular formula is C60H101N3O45. The van der Waals surface area contributed by atoms with Crippen LogP contribution in [0.1, 0.15) is 27.7 Å². The Morgan fingerprint density at radius 2 is 0.565 bits per heavy atom. The van der Waals surface area contributed by atoms with Crippen molar-refractivity contribution >= 4 is 17.7 Å². The topological polar surface area (TPSA) is 750 Å². The lowest BCUT2D eigenvalue weighted by atomic mass is 9.93. The van der Waals surface area contributed by atoms with Gasteiger partial charge in [0, 0.05) is 20.8 Å². The average molecular weight is 1580 g/mol. The van der Waals surface area contributed by atoms with Gasteiger partial charge in [-0.2, -0.15) is 0 Å². The number of rotatable bonds is 27. The molecule has 48 nitrogen and oxygen atoms in total. The van der Waals surface area contributed by atoms with Crippen LogP contribution in [0.25, 0.3) is 0 Å². The Balaban J connectivity index is 1.05. The van der Waals surface area contributed by atoms with Crippen LogP contribution in [0.5, 0.6) is 0 Å². The molecule has 48 heteroatoms. The van der Waals surface area contributed by atoms with Crippen molar-refractivity contribution in [3.05, 3.63) is 0 Å². The molecule has 9 saturated heterocycles. The van der Waals surface area contributed by atoms with Gasteiger partial charge in [0.1, 0.15) is 213 Å². The average Bonchev–Trinajstić information content (AvgIpc) is 0.765. The number of ether oxygens (including phenoxy) is 17. The number of hydrogen-bond donors (Lipinski definition) is 28. The van der Waals surface area contributed by atoms with E-state index in [0.29, 0.717) is 0 Å². The molecule has 0 aromatic carbocycles. The van der Waals surface area contributed by atoms with E-state index >= 15 is 0 Å². The van der Waals surface area contributed by atoms with E-state index < -0.39 is 347 Å². The molecule has 9 rings (SSSR count). The van der Waals surface area contributed by atoms with Crippen LogP contribution in [0.2, 0.25) is 0 Å². The minimum absolute atomic E-state index is 0.826. The highest BCUT2D eigenvalue weighted by atomic mass is 16.8. The summed E-state index contributed by atoms with van der Waals surface area (Å²) in [6.07, 6.45) is -85.6. The molecule has 9 fully saturated rings. The highest BCUT2D eigenvalue weighted by Gasteiger charge is 2.60. The van der Waals surface area contributed by atoms with Crippen LogP contribution in [0.15, 0.2) is 0 Å². The fraction of sp³-hybridized carbons (Fsp3) is 0.950. The molecule has 108 heavy (non-hydrogen) atoms. The molecule has 3 amide bonds. The van der Waals surface area contributed by atoms with Gasteiger partial charge in [-0.25, -0.2) is 0 Å². The van der Waals surface area contributed by atoms with Gasteiger partial charge in [-0.05, 0) is 6.92 Å². The lowest BCUT2D eigenvalue weighted by Crippen LogP contribution is -2.71. The second-order valence-corrected chi connectivity index (χ2v) is 27.5. The normalized spacial score (nSPS) is 50.4. The predicted molar refractivity (Wildman–Crippen MR) is 330 cm³/mol. The Morgan fingerprint density at radius 3 is 1.06 bits per heavy atom. The molecule has 0 aliphatic carbocycles. The summed E-state index contributed by atoms with van der Waals surface area (Å²) in [6, 6.07) is -5.50. The third-order valence-electron chi connectivity index (χ3n) is 19.9. The fourth-order valence-electron chi connectivity index (χ4n) is 13.8. The van der Waals surface area contributed by atoms with E-state index in [9.17, 15) is 142 Å². The van der Waals surface area contributed by atoms with Gasteiger partial charge in [-0.15, -0.1) is 0 Å². The van der Waals surface area contributed by atoms with Crippen molar-refractivity contribution in [2.45, 2.75) is 304 Å². The second-order valence-electron chi connectivity index (χ2n) is 27.5. The summed E-state index contributed by atoms with van der Waals surface area (Å²) in [4.78, 5) is 38.0. The monoisotopic (exact) mass is 1580 g/mol. The number of carbonyl (C=O) groups is 3. The van der Waals surface area contributed by atoms with E-state index in [1.54, 1.807) is 0 Å². The number of carbonyl (C=O) groups excluding carboxylic acids is 3. The summed E-state index contributed by atoms with van der Waals surface area (Å²) in [5.74, 6) is -2.66. The Morgan fingerprint density at radius 1 is 0.259 bits per heavy atom. The maximum Gasteiger partial charge on any atom is 0.217 e. The maximum absolute atomic E-state index is 13.1. The predicted octanol–water partition coefficient (Wildman–Crippen LogP) is -19.2. The Kier molecular flexibility index (Phi) is 31.6. The van der Waals surface area contributed by atoms with Crippen LogP contribution in [0.3, 0.4) is 0 Å². The zero-order valence-electron chi connectivity index (χ0n) is 58.0. The Labute approximate surface area is 611 Å². The SMILES string of the molecule is CC(=O)N[C@H]1[C@H](O[C@H]2[C@H](O)[C@@H](NC(C)=O)C(O)O[C@@H]2CO[C@@H]2O[C@@H](C)[C@@H](O)[C@@H](O)[C@@H]2O)O[C@H](CO)[C@@H](O[C@@H]2O[C@H](CO[C@H]3O[C@H](CO[C@H]4O[C@H](CO)[C@@H](O)[C@H](O)[C@@H]4O)[C@@H](O)[C@H](O[C@H]4O[C@H](CO)[C@@H](O)[C@H](O)[C@@H]4O)[C@@H]3O)[C@@H](O)[C@H](O[C@H]3O[C@H](CO)[C@@H](O)[C@H](O)[C@@H]3O[C@@H]3O[C@H](CO)[C@@H](O)[C@H](O)[C@H]3NC(C)=O)[C@@H]2O)[C@@H]1O. The first-order chi connectivity index (χ1) is 51.0. The van der Waals surface area contributed by atoms with Gasteiger partial charge >= 0.3 is 0 Å². The standard InChI is InChI=1S/C60H101N3O45/c1-13-28(72)38(82)42(86)55(95-13)94-12-24-48(36(80)25(52(91)96-24)61-14(2)69)104-54-27(63-16(4)71)37(81)47(21(9-68)101-54)105-59-46(90)50(107-60-51(41(85)32(76)20(8-67)100-60)108-53-26(62-15(3)70)35(79)29(73)17(5-64)97-53)34(78)23(103-59)11-93-57-45(89)49(106-58-44(88)40(84)31(75)19(7-66)99-58)33(77)22(102-57)10-92-56-43(87)39(83)30(74)18(6-65)98-56/h13,17-60,64-68,72-91H,5-12H2,1-4H3,(H,61,69)(H,62,70)(H,63,71)/t13-,17+,18+,19+,20+,21+,22+,23+,24+,25+,26+,27+,28+,29+,30+,31+,32+,33+,34+,35+,36+,37+,38+,39-,40-,41-,42-,43-,44-,45-,46-,47+,48+,49-,50-,51-,52?,53-,54-,55+,56-,57-,58+,59-,60+/m0/s1. The molecule has 626 valence electrons. The fourth-order valence-corrected chi connectivity index (χ4v) is 13.8. The van der Waals surface area contributed by atoms with Crippen molar-refractivity contribution in [3.63, 3.8) is 0 Å². The van der Waals surface area contributed by atoms with Crippen LogP contribution >= 0.6 is 0 Å². The summed E-state index contributed by atoms with van der Waals surface area (Å²) in [6.45, 7) is -4.11.